The van der Waals surface area contributed by atoms with Crippen molar-refractivity contribution in [3.63, 3.8) is 0 Å². The maximum absolute atomic E-state index is 9.10. The number of nitrogen functional groups attached to an aromatic ring is 1. The van der Waals surface area contributed by atoms with Crippen LogP contribution in [-0.2, 0) is 0 Å². The lowest BCUT2D eigenvalue weighted by molar-refractivity contribution is 0.180. The van der Waals surface area contributed by atoms with Gasteiger partial charge in [-0.1, -0.05) is 6.58 Å². The van der Waals surface area contributed by atoms with Crippen molar-refractivity contribution in [2.45, 2.75) is 12.5 Å². The van der Waals surface area contributed by atoms with Gasteiger partial charge < -0.3 is 15.4 Å². The number of nitrogens with zero attached hydrogens (tertiary/aromatic N) is 4. The van der Waals surface area contributed by atoms with Crippen LogP contribution in [0.15, 0.2) is 24.8 Å². The number of aromatic nitrogens is 4. The fourth-order valence-electron chi connectivity index (χ4n) is 2.27. The molecule has 0 radical (unpaired) electrons. The molecule has 1 aliphatic rings. The van der Waals surface area contributed by atoms with E-state index in [1.165, 1.54) is 6.33 Å². The first-order valence-electron chi connectivity index (χ1n) is 5.45. The summed E-state index contributed by atoms with van der Waals surface area (Å²) in [5.41, 5.74) is 8.09. The van der Waals surface area contributed by atoms with Crippen LogP contribution in [0.4, 0.5) is 5.82 Å². The number of hydrogen-bond donors (Lipinski definition) is 2. The third-order valence-electron chi connectivity index (χ3n) is 3.40. The molecule has 3 rings (SSSR count). The summed E-state index contributed by atoms with van der Waals surface area (Å²) in [6, 6.07) is 0.159. The number of nitrogens with two attached hydrogens (primary N) is 1. The van der Waals surface area contributed by atoms with Crippen molar-refractivity contribution in [1.82, 2.24) is 19.5 Å². The third kappa shape index (κ3) is 1.34. The average Bonchev–Trinajstić information content (AvgIpc) is 2.73. The molecule has 2 aromatic rings. The Morgan fingerprint density at radius 2 is 2.29 bits per heavy atom. The molecule has 0 spiro atoms. The number of fused-ring (bicyclic) bond motifs is 1. The van der Waals surface area contributed by atoms with Gasteiger partial charge in [-0.05, 0) is 12.0 Å². The minimum atomic E-state index is 0.152. The highest BCUT2D eigenvalue weighted by atomic mass is 16.3. The van der Waals surface area contributed by atoms with Gasteiger partial charge in [0.1, 0.15) is 11.8 Å². The normalized spacial score (nSPS) is 23.9. The fraction of sp³-hybridized carbons (Fsp3) is 0.364. The van der Waals surface area contributed by atoms with Crippen molar-refractivity contribution in [2.75, 3.05) is 12.3 Å². The molecule has 3 N–H and O–H groups in total. The van der Waals surface area contributed by atoms with Gasteiger partial charge in [-0.15, -0.1) is 0 Å². The van der Waals surface area contributed by atoms with Gasteiger partial charge in [-0.2, -0.15) is 0 Å². The minimum absolute atomic E-state index is 0.152. The summed E-state index contributed by atoms with van der Waals surface area (Å²) in [6.07, 6.45) is 4.00. The van der Waals surface area contributed by atoms with Crippen LogP contribution in [0.25, 0.3) is 11.2 Å². The molecule has 17 heavy (non-hydrogen) atoms. The molecular weight excluding hydrogens is 218 g/mol. The van der Waals surface area contributed by atoms with Crippen LogP contribution in [0.2, 0.25) is 0 Å². The van der Waals surface area contributed by atoms with Gasteiger partial charge in [-0.3, -0.25) is 0 Å². The van der Waals surface area contributed by atoms with Crippen molar-refractivity contribution in [3.05, 3.63) is 24.8 Å². The molecule has 0 amide bonds. The van der Waals surface area contributed by atoms with Crippen LogP contribution in [0.5, 0.6) is 0 Å². The largest absolute Gasteiger partial charge is 0.396 e. The maximum Gasteiger partial charge on any atom is 0.165 e. The first kappa shape index (κ1) is 10.2. The van der Waals surface area contributed by atoms with Crippen molar-refractivity contribution < 1.29 is 5.11 Å². The molecule has 2 heterocycles. The van der Waals surface area contributed by atoms with E-state index in [0.29, 0.717) is 11.3 Å². The number of anilines is 1. The van der Waals surface area contributed by atoms with Crippen LogP contribution in [-0.4, -0.2) is 31.2 Å². The number of aliphatic hydroxyl groups excluding tert-OH is 1. The molecule has 1 aliphatic carbocycles. The van der Waals surface area contributed by atoms with Gasteiger partial charge in [0.25, 0.3) is 0 Å². The fourth-order valence-corrected chi connectivity index (χ4v) is 2.27. The first-order chi connectivity index (χ1) is 8.22. The number of rotatable bonds is 2. The zero-order chi connectivity index (χ0) is 12.0. The first-order valence-corrected chi connectivity index (χ1v) is 5.45. The van der Waals surface area contributed by atoms with Crippen molar-refractivity contribution in [3.8, 4) is 0 Å². The Kier molecular flexibility index (Phi) is 2.12. The van der Waals surface area contributed by atoms with E-state index < -0.39 is 0 Å². The van der Waals surface area contributed by atoms with Gasteiger partial charge in [0, 0.05) is 12.5 Å². The predicted molar refractivity (Wildman–Crippen MR) is 63.1 cm³/mol. The Bertz CT molecular complexity index is 591. The summed E-state index contributed by atoms with van der Waals surface area (Å²) in [5, 5.41) is 9.10. The van der Waals surface area contributed by atoms with Crippen molar-refractivity contribution >= 4 is 17.0 Å². The minimum Gasteiger partial charge on any atom is -0.396 e. The molecule has 88 valence electrons. The topological polar surface area (TPSA) is 89.8 Å². The smallest absolute Gasteiger partial charge is 0.165 e. The molecule has 6 heteroatoms. The summed E-state index contributed by atoms with van der Waals surface area (Å²) in [6.45, 7) is 4.15. The van der Waals surface area contributed by atoms with Gasteiger partial charge in [-0.25, -0.2) is 15.0 Å². The van der Waals surface area contributed by atoms with E-state index in [9.17, 15) is 0 Å². The Labute approximate surface area is 97.8 Å². The molecule has 2 aromatic heterocycles. The molecule has 0 unspecified atom stereocenters. The maximum atomic E-state index is 9.10. The summed E-state index contributed by atoms with van der Waals surface area (Å²) in [4.78, 5) is 12.3. The second-order valence-electron chi connectivity index (χ2n) is 4.29. The quantitative estimate of drug-likeness (QED) is 0.735. The molecule has 0 aromatic carbocycles. The van der Waals surface area contributed by atoms with Crippen LogP contribution in [0, 0.1) is 5.92 Å². The average molecular weight is 231 g/mol. The van der Waals surface area contributed by atoms with E-state index >= 15 is 0 Å². The van der Waals surface area contributed by atoms with Crippen LogP contribution < -0.4 is 5.73 Å². The highest BCUT2D eigenvalue weighted by molar-refractivity contribution is 5.81. The summed E-state index contributed by atoms with van der Waals surface area (Å²) < 4.78 is 1.95. The van der Waals surface area contributed by atoms with E-state index in [1.807, 2.05) is 4.57 Å². The summed E-state index contributed by atoms with van der Waals surface area (Å²) in [5.74, 6) is 0.578. The number of hydrogen-bond acceptors (Lipinski definition) is 5. The van der Waals surface area contributed by atoms with Crippen LogP contribution in [0.3, 0.4) is 0 Å². The number of aliphatic hydroxyl groups is 1. The summed E-state index contributed by atoms with van der Waals surface area (Å²) >= 11 is 0. The molecule has 6 nitrogen and oxygen atoms in total. The van der Waals surface area contributed by atoms with Crippen molar-refractivity contribution in [2.24, 2.45) is 5.92 Å². The van der Waals surface area contributed by atoms with Crippen LogP contribution >= 0.6 is 0 Å². The molecule has 0 bridgehead atoms. The van der Waals surface area contributed by atoms with E-state index in [1.54, 1.807) is 6.33 Å². The number of imidazole rings is 1. The summed E-state index contributed by atoms with van der Waals surface area (Å²) in [7, 11) is 0. The van der Waals surface area contributed by atoms with Crippen LogP contribution in [0.1, 0.15) is 12.5 Å². The monoisotopic (exact) mass is 231 g/mol. The van der Waals surface area contributed by atoms with Gasteiger partial charge >= 0.3 is 0 Å². The zero-order valence-corrected chi connectivity index (χ0v) is 9.24. The molecule has 2 atom stereocenters. The molecule has 1 saturated carbocycles. The lowest BCUT2D eigenvalue weighted by Crippen LogP contribution is -2.31. The SMILES string of the molecule is C=C1[C@@H](CO)C[C@H]1n1cnc2c(N)ncnc21. The second kappa shape index (κ2) is 3.53. The predicted octanol–water partition coefficient (Wildman–Crippen LogP) is 0.518. The molecule has 0 aliphatic heterocycles. The van der Waals surface area contributed by atoms with Gasteiger partial charge in [0.2, 0.25) is 0 Å². The lowest BCUT2D eigenvalue weighted by Gasteiger charge is -2.38. The molecular formula is C11H13N5O. The van der Waals surface area contributed by atoms with Gasteiger partial charge in [0.15, 0.2) is 11.5 Å². The highest BCUT2D eigenvalue weighted by Crippen LogP contribution is 2.43. The van der Waals surface area contributed by atoms with E-state index in [-0.39, 0.29) is 18.6 Å². The molecule has 1 fully saturated rings. The Balaban J connectivity index is 2.03. The standard InChI is InChI=1S/C11H13N5O/c1-6-7(3-17)2-8(6)16-5-15-9-10(12)13-4-14-11(9)16/h4-5,7-8,17H,1-3H2,(H2,12,13,14)/t7-,8-/m1/s1. The van der Waals surface area contributed by atoms with Crippen molar-refractivity contribution in [1.29, 1.82) is 0 Å². The third-order valence-corrected chi connectivity index (χ3v) is 3.40. The Morgan fingerprint density at radius 1 is 1.47 bits per heavy atom. The van der Waals surface area contributed by atoms with E-state index in [2.05, 4.69) is 21.5 Å². The van der Waals surface area contributed by atoms with Gasteiger partial charge in [0.05, 0.1) is 12.4 Å². The Morgan fingerprint density at radius 3 is 3.00 bits per heavy atom. The highest BCUT2D eigenvalue weighted by Gasteiger charge is 2.35. The molecule has 0 saturated heterocycles. The zero-order valence-electron chi connectivity index (χ0n) is 9.24. The van der Waals surface area contributed by atoms with E-state index in [4.69, 9.17) is 10.8 Å². The van der Waals surface area contributed by atoms with E-state index in [0.717, 1.165) is 17.6 Å². The lowest BCUT2D eigenvalue weighted by atomic mass is 9.76. The second-order valence-corrected chi connectivity index (χ2v) is 4.29. The Hall–Kier alpha value is -1.95.